The fourth-order valence-electron chi connectivity index (χ4n) is 2.43. The number of carboxylic acids is 1. The lowest BCUT2D eigenvalue weighted by Crippen LogP contribution is -2.27. The highest BCUT2D eigenvalue weighted by atomic mass is 35.5. The smallest absolute Gasteiger partial charge is 0.352 e. The fourth-order valence-corrected chi connectivity index (χ4v) is 2.67. The number of aliphatic carboxylic acids is 1. The molecule has 1 aromatic heterocycles. The molecule has 0 unspecified atom stereocenters. The van der Waals surface area contributed by atoms with Gasteiger partial charge in [0.1, 0.15) is 5.70 Å². The maximum atomic E-state index is 12.2. The van der Waals surface area contributed by atoms with Gasteiger partial charge in [0.05, 0.1) is 11.4 Å². The molecule has 27 heavy (non-hydrogen) atoms. The van der Waals surface area contributed by atoms with Crippen molar-refractivity contribution in [3.8, 4) is 11.3 Å². The Morgan fingerprint density at radius 3 is 2.33 bits per heavy atom. The number of carbonyl (C=O) groups is 2. The first-order valence-electron chi connectivity index (χ1n) is 8.08. The molecule has 0 aliphatic rings. The number of benzene rings is 2. The Bertz CT molecular complexity index is 1020. The molecule has 0 saturated carbocycles. The number of amides is 1. The van der Waals surface area contributed by atoms with Crippen molar-refractivity contribution < 1.29 is 14.7 Å². The highest BCUT2D eigenvalue weighted by molar-refractivity contribution is 6.33. The topological polar surface area (TPSA) is 79.3 Å². The van der Waals surface area contributed by atoms with Gasteiger partial charge in [0.25, 0.3) is 5.91 Å². The molecule has 0 atom stereocenters. The van der Waals surface area contributed by atoms with Crippen LogP contribution in [-0.2, 0) is 4.79 Å². The van der Waals surface area contributed by atoms with E-state index in [0.29, 0.717) is 22.0 Å². The van der Waals surface area contributed by atoms with Crippen LogP contribution in [0.1, 0.15) is 16.1 Å². The molecule has 0 spiro atoms. The van der Waals surface area contributed by atoms with Crippen LogP contribution in [0.3, 0.4) is 0 Å². The van der Waals surface area contributed by atoms with Crippen molar-refractivity contribution >= 4 is 29.6 Å². The standard InChI is InChI=1S/C21H15ClN2O3/c22-17-11-5-4-10-16(17)18-12-6-9-15(23-18)13-19(21(26)27)24-20(25)14-7-2-1-3-8-14/h1-13H,(H,24,25)(H,26,27)/b19-13-. The van der Waals surface area contributed by atoms with Crippen LogP contribution in [0.2, 0.25) is 5.02 Å². The second-order valence-corrected chi connectivity index (χ2v) is 6.02. The lowest BCUT2D eigenvalue weighted by atomic mass is 10.1. The number of aromatic nitrogens is 1. The number of carboxylic acid groups (broad SMARTS) is 1. The van der Waals surface area contributed by atoms with Gasteiger partial charge in [0, 0.05) is 16.1 Å². The summed E-state index contributed by atoms with van der Waals surface area (Å²) in [6.07, 6.45) is 1.31. The van der Waals surface area contributed by atoms with E-state index in [-0.39, 0.29) is 5.70 Å². The fraction of sp³-hybridized carbons (Fsp3) is 0. The van der Waals surface area contributed by atoms with Crippen molar-refractivity contribution in [2.45, 2.75) is 0 Å². The summed E-state index contributed by atoms with van der Waals surface area (Å²) in [6.45, 7) is 0. The first-order valence-corrected chi connectivity index (χ1v) is 8.46. The van der Waals surface area contributed by atoms with Crippen molar-refractivity contribution in [1.82, 2.24) is 10.3 Å². The van der Waals surface area contributed by atoms with Crippen LogP contribution in [0.15, 0.2) is 78.5 Å². The van der Waals surface area contributed by atoms with Crippen LogP contribution in [-0.4, -0.2) is 22.0 Å². The molecule has 6 heteroatoms. The van der Waals surface area contributed by atoms with E-state index in [2.05, 4.69) is 10.3 Å². The third-order valence-electron chi connectivity index (χ3n) is 3.73. The molecular formula is C21H15ClN2O3. The number of halogens is 1. The lowest BCUT2D eigenvalue weighted by molar-refractivity contribution is -0.132. The first-order chi connectivity index (χ1) is 13.0. The number of carbonyl (C=O) groups excluding carboxylic acids is 1. The van der Waals surface area contributed by atoms with E-state index in [0.717, 1.165) is 5.56 Å². The van der Waals surface area contributed by atoms with Crippen molar-refractivity contribution in [2.24, 2.45) is 0 Å². The van der Waals surface area contributed by atoms with Gasteiger partial charge in [-0.15, -0.1) is 0 Å². The Morgan fingerprint density at radius 2 is 1.63 bits per heavy atom. The molecule has 0 radical (unpaired) electrons. The van der Waals surface area contributed by atoms with E-state index in [4.69, 9.17) is 11.6 Å². The Labute approximate surface area is 161 Å². The van der Waals surface area contributed by atoms with Crippen molar-refractivity contribution in [3.63, 3.8) is 0 Å². The molecule has 134 valence electrons. The molecular weight excluding hydrogens is 364 g/mol. The third kappa shape index (κ3) is 4.59. The Hall–Kier alpha value is -3.44. The van der Waals surface area contributed by atoms with Crippen LogP contribution < -0.4 is 5.32 Å². The zero-order valence-electron chi connectivity index (χ0n) is 14.1. The second kappa shape index (κ2) is 8.29. The Balaban J connectivity index is 1.91. The average Bonchev–Trinajstić information content (AvgIpc) is 2.68. The van der Waals surface area contributed by atoms with E-state index < -0.39 is 11.9 Å². The second-order valence-electron chi connectivity index (χ2n) is 5.61. The number of rotatable bonds is 5. The summed E-state index contributed by atoms with van der Waals surface area (Å²) in [5.74, 6) is -1.77. The minimum atomic E-state index is -1.26. The zero-order valence-corrected chi connectivity index (χ0v) is 14.9. The quantitative estimate of drug-likeness (QED) is 0.650. The minimum absolute atomic E-state index is 0.271. The van der Waals surface area contributed by atoms with Crippen molar-refractivity contribution in [2.75, 3.05) is 0 Å². The maximum absolute atomic E-state index is 12.2. The van der Waals surface area contributed by atoms with Crippen LogP contribution >= 0.6 is 11.6 Å². The molecule has 0 aliphatic carbocycles. The van der Waals surface area contributed by atoms with Gasteiger partial charge in [-0.1, -0.05) is 54.1 Å². The molecule has 0 fully saturated rings. The molecule has 3 aromatic rings. The summed E-state index contributed by atoms with van der Waals surface area (Å²) < 4.78 is 0. The monoisotopic (exact) mass is 378 g/mol. The van der Waals surface area contributed by atoms with Gasteiger partial charge in [-0.2, -0.15) is 0 Å². The maximum Gasteiger partial charge on any atom is 0.352 e. The molecule has 1 amide bonds. The van der Waals surface area contributed by atoms with E-state index in [1.807, 2.05) is 18.2 Å². The molecule has 0 aliphatic heterocycles. The summed E-state index contributed by atoms with van der Waals surface area (Å²) in [4.78, 5) is 28.2. The van der Waals surface area contributed by atoms with Gasteiger partial charge in [-0.05, 0) is 36.4 Å². The third-order valence-corrected chi connectivity index (χ3v) is 4.06. The summed E-state index contributed by atoms with van der Waals surface area (Å²) in [5.41, 5.74) is 1.82. The highest BCUT2D eigenvalue weighted by Gasteiger charge is 2.14. The summed E-state index contributed by atoms with van der Waals surface area (Å²) in [7, 11) is 0. The SMILES string of the molecule is O=C(O)/C(=C/c1cccc(-c2ccccc2Cl)n1)NC(=O)c1ccccc1. The molecule has 0 saturated heterocycles. The highest BCUT2D eigenvalue weighted by Crippen LogP contribution is 2.26. The van der Waals surface area contributed by atoms with Crippen molar-refractivity contribution in [3.05, 3.63) is 94.8 Å². The normalized spacial score (nSPS) is 11.1. The van der Waals surface area contributed by atoms with E-state index >= 15 is 0 Å². The first kappa shape index (κ1) is 18.4. The minimum Gasteiger partial charge on any atom is -0.477 e. The van der Waals surface area contributed by atoms with Gasteiger partial charge in [-0.3, -0.25) is 4.79 Å². The van der Waals surface area contributed by atoms with Gasteiger partial charge in [0.2, 0.25) is 0 Å². The number of hydrogen-bond donors (Lipinski definition) is 2. The van der Waals surface area contributed by atoms with Crippen LogP contribution in [0.5, 0.6) is 0 Å². The number of nitrogens with zero attached hydrogens (tertiary/aromatic N) is 1. The van der Waals surface area contributed by atoms with E-state index in [1.54, 1.807) is 54.6 Å². The largest absolute Gasteiger partial charge is 0.477 e. The van der Waals surface area contributed by atoms with Gasteiger partial charge >= 0.3 is 5.97 Å². The van der Waals surface area contributed by atoms with Gasteiger partial charge in [0.15, 0.2) is 0 Å². The lowest BCUT2D eigenvalue weighted by Gasteiger charge is -2.07. The van der Waals surface area contributed by atoms with E-state index in [9.17, 15) is 14.7 Å². The molecule has 5 nitrogen and oxygen atoms in total. The number of hydrogen-bond acceptors (Lipinski definition) is 3. The average molecular weight is 379 g/mol. The predicted molar refractivity (Wildman–Crippen MR) is 104 cm³/mol. The number of pyridine rings is 1. The molecule has 0 bridgehead atoms. The molecule has 3 rings (SSSR count). The number of nitrogens with one attached hydrogen (secondary N) is 1. The Kier molecular flexibility index (Phi) is 5.64. The van der Waals surface area contributed by atoms with E-state index in [1.165, 1.54) is 6.08 Å². The molecule has 1 heterocycles. The summed E-state index contributed by atoms with van der Waals surface area (Å²) in [5, 5.41) is 12.4. The van der Waals surface area contributed by atoms with Crippen LogP contribution in [0.4, 0.5) is 0 Å². The van der Waals surface area contributed by atoms with Crippen molar-refractivity contribution in [1.29, 1.82) is 0 Å². The van der Waals surface area contributed by atoms with Crippen LogP contribution in [0.25, 0.3) is 17.3 Å². The zero-order chi connectivity index (χ0) is 19.2. The Morgan fingerprint density at radius 1 is 0.926 bits per heavy atom. The summed E-state index contributed by atoms with van der Waals surface area (Å²) >= 11 is 6.20. The summed E-state index contributed by atoms with van der Waals surface area (Å²) in [6, 6.07) is 20.8. The molecule has 2 aromatic carbocycles. The van der Waals surface area contributed by atoms with Crippen LogP contribution in [0, 0.1) is 0 Å². The molecule has 2 N–H and O–H groups in total. The van der Waals surface area contributed by atoms with Gasteiger partial charge < -0.3 is 10.4 Å². The van der Waals surface area contributed by atoms with Gasteiger partial charge in [-0.25, -0.2) is 9.78 Å². The predicted octanol–water partition coefficient (Wildman–Crippen LogP) is 4.26.